The van der Waals surface area contributed by atoms with Crippen molar-refractivity contribution in [2.75, 3.05) is 11.5 Å². The zero-order valence-electron chi connectivity index (χ0n) is 14.4. The Kier molecular flexibility index (Phi) is 4.85. The summed E-state index contributed by atoms with van der Waals surface area (Å²) >= 11 is 0. The van der Waals surface area contributed by atoms with E-state index in [9.17, 15) is 28.0 Å². The molecule has 140 valence electrons. The number of aromatic nitrogens is 1. The molecule has 0 aliphatic carbocycles. The molecule has 3 rings (SSSR count). The van der Waals surface area contributed by atoms with Crippen LogP contribution < -0.4 is 5.56 Å². The quantitative estimate of drug-likeness (QED) is 0.807. The molecule has 1 unspecified atom stereocenters. The molecule has 9 heteroatoms. The van der Waals surface area contributed by atoms with Crippen LogP contribution in [0, 0.1) is 24.1 Å². The van der Waals surface area contributed by atoms with E-state index in [2.05, 4.69) is 4.99 Å². The van der Waals surface area contributed by atoms with Gasteiger partial charge in [-0.2, -0.15) is 5.26 Å². The number of hydrogen-bond acceptors (Lipinski definition) is 6. The average Bonchev–Trinajstić information content (AvgIpc) is 2.96. The van der Waals surface area contributed by atoms with Crippen molar-refractivity contribution in [3.63, 3.8) is 0 Å². The molecule has 0 bridgehead atoms. The maximum atomic E-state index is 13.0. The highest BCUT2D eigenvalue weighted by Crippen LogP contribution is 2.29. The third-order valence-corrected chi connectivity index (χ3v) is 6.29. The Morgan fingerprint density at radius 1 is 1.37 bits per heavy atom. The fourth-order valence-electron chi connectivity index (χ4n) is 3.08. The van der Waals surface area contributed by atoms with E-state index >= 15 is 0 Å². The number of aromatic hydroxyl groups is 1. The summed E-state index contributed by atoms with van der Waals surface area (Å²) < 4.78 is 37.5. The molecule has 27 heavy (non-hydrogen) atoms. The van der Waals surface area contributed by atoms with Crippen molar-refractivity contribution >= 4 is 21.7 Å². The van der Waals surface area contributed by atoms with Crippen molar-refractivity contribution in [1.29, 1.82) is 5.26 Å². The molecule has 1 aliphatic heterocycles. The van der Waals surface area contributed by atoms with Crippen molar-refractivity contribution in [3.05, 3.63) is 57.1 Å². The minimum absolute atomic E-state index is 0.0850. The van der Waals surface area contributed by atoms with Gasteiger partial charge in [-0.1, -0.05) is 0 Å². The molecule has 0 radical (unpaired) electrons. The molecule has 1 aromatic heterocycles. The van der Waals surface area contributed by atoms with Gasteiger partial charge in [0.25, 0.3) is 5.56 Å². The number of halogens is 1. The van der Waals surface area contributed by atoms with Crippen LogP contribution in [0.25, 0.3) is 0 Å². The molecule has 0 amide bonds. The van der Waals surface area contributed by atoms with Gasteiger partial charge in [-0.25, -0.2) is 12.8 Å². The highest BCUT2D eigenvalue weighted by atomic mass is 32.2. The van der Waals surface area contributed by atoms with Crippen LogP contribution in [0.15, 0.2) is 34.1 Å². The smallest absolute Gasteiger partial charge is 0.271 e. The van der Waals surface area contributed by atoms with Gasteiger partial charge < -0.3 is 5.11 Å². The lowest BCUT2D eigenvalue weighted by atomic mass is 10.0. The lowest BCUT2D eigenvalue weighted by Gasteiger charge is -2.18. The van der Waals surface area contributed by atoms with Gasteiger partial charge in [0.2, 0.25) is 5.88 Å². The van der Waals surface area contributed by atoms with E-state index in [1.165, 1.54) is 37.4 Å². The molecule has 1 atom stereocenters. The number of hydrogen-bond donors (Lipinski definition) is 1. The summed E-state index contributed by atoms with van der Waals surface area (Å²) in [5.74, 6) is -1.22. The summed E-state index contributed by atoms with van der Waals surface area (Å²) in [6.07, 6.45) is 1.45. The van der Waals surface area contributed by atoms with Crippen LogP contribution in [0.4, 0.5) is 10.1 Å². The number of pyridine rings is 1. The normalized spacial score (nSPS) is 18.6. The fourth-order valence-corrected chi connectivity index (χ4v) is 4.78. The number of sulfone groups is 1. The highest BCUT2D eigenvalue weighted by Gasteiger charge is 2.33. The predicted octanol–water partition coefficient (Wildman–Crippen LogP) is 1.98. The van der Waals surface area contributed by atoms with Crippen LogP contribution in [-0.4, -0.2) is 35.8 Å². The van der Waals surface area contributed by atoms with E-state index in [0.717, 1.165) is 4.57 Å². The van der Waals surface area contributed by atoms with Crippen LogP contribution in [0.3, 0.4) is 0 Å². The van der Waals surface area contributed by atoms with Crippen LogP contribution in [0.5, 0.6) is 5.88 Å². The molecule has 2 aromatic rings. The Hall–Kier alpha value is -2.99. The summed E-state index contributed by atoms with van der Waals surface area (Å²) in [5.41, 5.74) is -0.121. The second-order valence-corrected chi connectivity index (χ2v) is 8.54. The molecule has 1 aromatic carbocycles. The Balaban J connectivity index is 2.14. The first-order chi connectivity index (χ1) is 12.7. The number of aliphatic imine (C=N–C) groups is 1. The van der Waals surface area contributed by atoms with Crippen molar-refractivity contribution in [3.8, 4) is 11.9 Å². The second kappa shape index (κ2) is 6.96. The Labute approximate surface area is 155 Å². The van der Waals surface area contributed by atoms with Gasteiger partial charge in [-0.05, 0) is 43.2 Å². The third-order valence-electron chi connectivity index (χ3n) is 4.54. The molecule has 1 fully saturated rings. The van der Waals surface area contributed by atoms with Gasteiger partial charge >= 0.3 is 0 Å². The molecule has 1 N–H and O–H groups in total. The van der Waals surface area contributed by atoms with Crippen molar-refractivity contribution in [2.45, 2.75) is 19.4 Å². The largest absolute Gasteiger partial charge is 0.494 e. The summed E-state index contributed by atoms with van der Waals surface area (Å²) in [6, 6.07) is 6.39. The minimum atomic E-state index is -3.30. The second-order valence-electron chi connectivity index (χ2n) is 6.32. The standard InChI is InChI=1S/C18H16FN3O4S/c1-11-15(8-20)17(23)22(14-6-7-27(25,26)10-14)18(24)16(11)9-21-13-4-2-12(19)3-5-13/h2-5,9,14,24H,6-7,10H2,1H3. The van der Waals surface area contributed by atoms with E-state index in [0.29, 0.717) is 5.69 Å². The zero-order chi connectivity index (χ0) is 19.8. The number of nitriles is 1. The van der Waals surface area contributed by atoms with Gasteiger partial charge in [0.1, 0.15) is 17.4 Å². The number of benzene rings is 1. The maximum absolute atomic E-state index is 13.0. The molecular weight excluding hydrogens is 373 g/mol. The lowest BCUT2D eigenvalue weighted by molar-refractivity contribution is 0.379. The zero-order valence-corrected chi connectivity index (χ0v) is 15.2. The first kappa shape index (κ1) is 18.8. The Morgan fingerprint density at radius 3 is 2.59 bits per heavy atom. The maximum Gasteiger partial charge on any atom is 0.271 e. The minimum Gasteiger partial charge on any atom is -0.494 e. The van der Waals surface area contributed by atoms with E-state index in [1.54, 1.807) is 0 Å². The molecule has 1 saturated heterocycles. The van der Waals surface area contributed by atoms with Crippen LogP contribution in [0.1, 0.15) is 29.2 Å². The van der Waals surface area contributed by atoms with E-state index in [-0.39, 0.29) is 34.6 Å². The SMILES string of the molecule is Cc1c(C=Nc2ccc(F)cc2)c(O)n(C2CCS(=O)(=O)C2)c(=O)c1C#N. The van der Waals surface area contributed by atoms with Crippen LogP contribution in [0.2, 0.25) is 0 Å². The third kappa shape index (κ3) is 3.61. The van der Waals surface area contributed by atoms with Crippen LogP contribution in [-0.2, 0) is 9.84 Å². The molecular formula is C18H16FN3O4S. The fraction of sp³-hybridized carbons (Fsp3) is 0.278. The first-order valence-corrected chi connectivity index (χ1v) is 9.94. The highest BCUT2D eigenvalue weighted by molar-refractivity contribution is 7.91. The van der Waals surface area contributed by atoms with Crippen molar-refractivity contribution in [1.82, 2.24) is 4.57 Å². The summed E-state index contributed by atoms with van der Waals surface area (Å²) in [4.78, 5) is 16.7. The van der Waals surface area contributed by atoms with Gasteiger partial charge in [0, 0.05) is 6.21 Å². The summed E-state index contributed by atoms with van der Waals surface area (Å²) in [6.45, 7) is 1.50. The van der Waals surface area contributed by atoms with Crippen LogP contribution >= 0.6 is 0 Å². The van der Waals surface area contributed by atoms with E-state index in [1.807, 2.05) is 6.07 Å². The number of nitrogens with zero attached hydrogens (tertiary/aromatic N) is 3. The molecule has 1 aliphatic rings. The van der Waals surface area contributed by atoms with Gasteiger partial charge in [-0.3, -0.25) is 14.4 Å². The van der Waals surface area contributed by atoms with Crippen molar-refractivity contribution in [2.24, 2.45) is 4.99 Å². The predicted molar refractivity (Wildman–Crippen MR) is 97.8 cm³/mol. The summed E-state index contributed by atoms with van der Waals surface area (Å²) in [5, 5.41) is 20.0. The average molecular weight is 389 g/mol. The van der Waals surface area contributed by atoms with Gasteiger partial charge in [-0.15, -0.1) is 0 Å². The lowest BCUT2D eigenvalue weighted by Crippen LogP contribution is -2.29. The molecule has 0 saturated carbocycles. The molecule has 0 spiro atoms. The van der Waals surface area contributed by atoms with E-state index < -0.39 is 33.1 Å². The van der Waals surface area contributed by atoms with E-state index in [4.69, 9.17) is 0 Å². The monoisotopic (exact) mass is 389 g/mol. The number of rotatable bonds is 3. The topological polar surface area (TPSA) is 113 Å². The Bertz CT molecular complexity index is 1130. The van der Waals surface area contributed by atoms with Gasteiger partial charge in [0.15, 0.2) is 9.84 Å². The summed E-state index contributed by atoms with van der Waals surface area (Å²) in [7, 11) is -3.30. The molecule has 2 heterocycles. The van der Waals surface area contributed by atoms with Crippen molar-refractivity contribution < 1.29 is 17.9 Å². The van der Waals surface area contributed by atoms with Gasteiger partial charge in [0.05, 0.1) is 28.8 Å². The Morgan fingerprint density at radius 2 is 2.04 bits per heavy atom. The first-order valence-electron chi connectivity index (χ1n) is 8.11. The molecule has 7 nitrogen and oxygen atoms in total.